The van der Waals surface area contributed by atoms with Crippen molar-refractivity contribution in [2.24, 2.45) is 0 Å². The zero-order valence-electron chi connectivity index (χ0n) is 9.12. The SMILES string of the molecule is CC(c1ccccc1)n1ccc(S(=O)(=O)Cl)n1. The second kappa shape index (κ2) is 4.50. The minimum Gasteiger partial charge on any atom is -0.264 e. The summed E-state index contributed by atoms with van der Waals surface area (Å²) in [5.74, 6) is 0. The lowest BCUT2D eigenvalue weighted by molar-refractivity contribution is 0.545. The third-order valence-electron chi connectivity index (χ3n) is 2.51. The molecule has 2 aromatic rings. The molecule has 0 N–H and O–H groups in total. The predicted octanol–water partition coefficient (Wildman–Crippen LogP) is 2.42. The van der Waals surface area contributed by atoms with Crippen LogP contribution in [0.3, 0.4) is 0 Å². The van der Waals surface area contributed by atoms with Crippen LogP contribution in [-0.4, -0.2) is 18.2 Å². The molecule has 1 aromatic heterocycles. The van der Waals surface area contributed by atoms with Crippen molar-refractivity contribution >= 4 is 19.7 Å². The van der Waals surface area contributed by atoms with Gasteiger partial charge in [-0.25, -0.2) is 8.42 Å². The van der Waals surface area contributed by atoms with E-state index in [9.17, 15) is 8.42 Å². The Balaban J connectivity index is 2.33. The van der Waals surface area contributed by atoms with Gasteiger partial charge in [-0.2, -0.15) is 5.10 Å². The van der Waals surface area contributed by atoms with Crippen LogP contribution in [0.2, 0.25) is 0 Å². The molecule has 0 aliphatic rings. The molecule has 0 aliphatic heterocycles. The van der Waals surface area contributed by atoms with Crippen molar-refractivity contribution in [3.63, 3.8) is 0 Å². The van der Waals surface area contributed by atoms with Crippen molar-refractivity contribution in [1.29, 1.82) is 0 Å². The highest BCUT2D eigenvalue weighted by Crippen LogP contribution is 2.19. The summed E-state index contributed by atoms with van der Waals surface area (Å²) in [5.41, 5.74) is 1.05. The molecule has 0 bridgehead atoms. The molecule has 0 aliphatic carbocycles. The highest BCUT2D eigenvalue weighted by atomic mass is 35.7. The van der Waals surface area contributed by atoms with E-state index in [1.165, 1.54) is 6.07 Å². The fraction of sp³-hybridized carbons (Fsp3) is 0.182. The van der Waals surface area contributed by atoms with Crippen LogP contribution in [0.25, 0.3) is 0 Å². The second-order valence-corrected chi connectivity index (χ2v) is 6.17. The Hall–Kier alpha value is -1.33. The Morgan fingerprint density at radius 3 is 2.41 bits per heavy atom. The number of rotatable bonds is 3. The number of hydrogen-bond donors (Lipinski definition) is 0. The quantitative estimate of drug-likeness (QED) is 0.805. The Kier molecular flexibility index (Phi) is 3.22. The van der Waals surface area contributed by atoms with Gasteiger partial charge in [0.2, 0.25) is 0 Å². The molecule has 2 rings (SSSR count). The molecule has 1 atom stereocenters. The fourth-order valence-electron chi connectivity index (χ4n) is 1.55. The average molecular weight is 271 g/mol. The predicted molar refractivity (Wildman–Crippen MR) is 65.5 cm³/mol. The number of nitrogens with zero attached hydrogens (tertiary/aromatic N) is 2. The molecular weight excluding hydrogens is 260 g/mol. The van der Waals surface area contributed by atoms with Gasteiger partial charge in [0.15, 0.2) is 5.03 Å². The van der Waals surface area contributed by atoms with E-state index in [0.717, 1.165) is 5.56 Å². The lowest BCUT2D eigenvalue weighted by Crippen LogP contribution is -2.08. The zero-order valence-corrected chi connectivity index (χ0v) is 10.7. The van der Waals surface area contributed by atoms with Gasteiger partial charge in [0.1, 0.15) is 0 Å². The summed E-state index contributed by atoms with van der Waals surface area (Å²) in [7, 11) is 1.46. The first-order chi connectivity index (χ1) is 7.98. The van der Waals surface area contributed by atoms with Gasteiger partial charge < -0.3 is 0 Å². The lowest BCUT2D eigenvalue weighted by atomic mass is 10.1. The summed E-state index contributed by atoms with van der Waals surface area (Å²) in [5, 5.41) is 3.83. The van der Waals surface area contributed by atoms with Crippen molar-refractivity contribution < 1.29 is 8.42 Å². The van der Waals surface area contributed by atoms with E-state index in [2.05, 4.69) is 5.10 Å². The zero-order chi connectivity index (χ0) is 12.5. The van der Waals surface area contributed by atoms with Crippen molar-refractivity contribution in [1.82, 2.24) is 9.78 Å². The maximum atomic E-state index is 11.1. The van der Waals surface area contributed by atoms with Gasteiger partial charge in [-0.3, -0.25) is 4.68 Å². The topological polar surface area (TPSA) is 52.0 Å². The summed E-state index contributed by atoms with van der Waals surface area (Å²) < 4.78 is 23.8. The lowest BCUT2D eigenvalue weighted by Gasteiger charge is -2.11. The molecule has 17 heavy (non-hydrogen) atoms. The van der Waals surface area contributed by atoms with Gasteiger partial charge in [-0.1, -0.05) is 30.3 Å². The van der Waals surface area contributed by atoms with Crippen molar-refractivity contribution in [3.8, 4) is 0 Å². The average Bonchev–Trinajstić information content (AvgIpc) is 2.78. The van der Waals surface area contributed by atoms with Crippen LogP contribution in [-0.2, 0) is 9.05 Å². The minimum absolute atomic E-state index is 0.0385. The first kappa shape index (κ1) is 12.1. The van der Waals surface area contributed by atoms with Crippen LogP contribution in [0.4, 0.5) is 0 Å². The smallest absolute Gasteiger partial charge is 0.264 e. The van der Waals surface area contributed by atoms with E-state index < -0.39 is 9.05 Å². The van der Waals surface area contributed by atoms with E-state index in [4.69, 9.17) is 10.7 Å². The molecule has 0 saturated carbocycles. The van der Waals surface area contributed by atoms with Crippen LogP contribution in [0.15, 0.2) is 47.6 Å². The number of aromatic nitrogens is 2. The Labute approximate surface area is 104 Å². The molecule has 1 aromatic carbocycles. The molecule has 0 radical (unpaired) electrons. The third-order valence-corrected chi connectivity index (χ3v) is 3.70. The third kappa shape index (κ3) is 2.68. The summed E-state index contributed by atoms with van der Waals surface area (Å²) in [6, 6.07) is 11.0. The standard InChI is InChI=1S/C11H11ClN2O2S/c1-9(10-5-3-2-4-6-10)14-8-7-11(13-14)17(12,15)16/h2-9H,1H3. The maximum Gasteiger partial charge on any atom is 0.280 e. The van der Waals surface area contributed by atoms with E-state index in [1.807, 2.05) is 37.3 Å². The molecule has 0 fully saturated rings. The molecule has 1 heterocycles. The van der Waals surface area contributed by atoms with Crippen molar-refractivity contribution in [3.05, 3.63) is 48.2 Å². The Morgan fingerprint density at radius 1 is 1.24 bits per heavy atom. The number of halogens is 1. The van der Waals surface area contributed by atoms with Crippen molar-refractivity contribution in [2.75, 3.05) is 0 Å². The largest absolute Gasteiger partial charge is 0.280 e. The molecular formula is C11H11ClN2O2S. The highest BCUT2D eigenvalue weighted by molar-refractivity contribution is 8.13. The molecule has 6 heteroatoms. The normalized spacial score (nSPS) is 13.5. The van der Waals surface area contributed by atoms with Gasteiger partial charge in [-0.05, 0) is 18.6 Å². The van der Waals surface area contributed by atoms with E-state index >= 15 is 0 Å². The van der Waals surface area contributed by atoms with Crippen LogP contribution in [0.5, 0.6) is 0 Å². The fourth-order valence-corrected chi connectivity index (χ4v) is 2.21. The summed E-state index contributed by atoms with van der Waals surface area (Å²) in [6.45, 7) is 1.94. The first-order valence-corrected chi connectivity index (χ1v) is 7.34. The maximum absolute atomic E-state index is 11.1. The van der Waals surface area contributed by atoms with E-state index in [1.54, 1.807) is 10.9 Å². The van der Waals surface area contributed by atoms with Gasteiger partial charge in [0.05, 0.1) is 6.04 Å². The van der Waals surface area contributed by atoms with E-state index in [0.29, 0.717) is 0 Å². The first-order valence-electron chi connectivity index (χ1n) is 5.03. The van der Waals surface area contributed by atoms with Crippen LogP contribution in [0.1, 0.15) is 18.5 Å². The molecule has 90 valence electrons. The van der Waals surface area contributed by atoms with Crippen LogP contribution >= 0.6 is 10.7 Å². The molecule has 1 unspecified atom stereocenters. The summed E-state index contributed by atoms with van der Waals surface area (Å²) in [4.78, 5) is 0. The monoisotopic (exact) mass is 270 g/mol. The van der Waals surface area contributed by atoms with Crippen LogP contribution < -0.4 is 0 Å². The summed E-state index contributed by atoms with van der Waals surface area (Å²) in [6.07, 6.45) is 1.60. The Morgan fingerprint density at radius 2 is 1.88 bits per heavy atom. The van der Waals surface area contributed by atoms with Crippen molar-refractivity contribution in [2.45, 2.75) is 18.0 Å². The molecule has 0 spiro atoms. The minimum atomic E-state index is -3.76. The highest BCUT2D eigenvalue weighted by Gasteiger charge is 2.16. The molecule has 0 amide bonds. The summed E-state index contributed by atoms with van der Waals surface area (Å²) >= 11 is 0. The number of benzene rings is 1. The van der Waals surface area contributed by atoms with Crippen LogP contribution in [0, 0.1) is 0 Å². The number of hydrogen-bond acceptors (Lipinski definition) is 3. The second-order valence-electron chi connectivity index (χ2n) is 3.66. The van der Waals surface area contributed by atoms with Gasteiger partial charge >= 0.3 is 0 Å². The molecule has 0 saturated heterocycles. The van der Waals surface area contributed by atoms with Gasteiger partial charge in [-0.15, -0.1) is 0 Å². The van der Waals surface area contributed by atoms with E-state index in [-0.39, 0.29) is 11.1 Å². The Bertz CT molecular complexity index is 607. The van der Waals surface area contributed by atoms with Gasteiger partial charge in [0.25, 0.3) is 9.05 Å². The van der Waals surface area contributed by atoms with Gasteiger partial charge in [0, 0.05) is 16.9 Å². The molecule has 4 nitrogen and oxygen atoms in total.